The summed E-state index contributed by atoms with van der Waals surface area (Å²) in [6.07, 6.45) is 0. The number of ether oxygens (including phenoxy) is 1. The minimum atomic E-state index is -3.42. The van der Waals surface area contributed by atoms with Crippen molar-refractivity contribution < 1.29 is 17.6 Å². The Kier molecular flexibility index (Phi) is 5.97. The van der Waals surface area contributed by atoms with E-state index in [0.717, 1.165) is 4.88 Å². The van der Waals surface area contributed by atoms with E-state index in [9.17, 15) is 8.42 Å². The lowest BCUT2D eigenvalue weighted by molar-refractivity contribution is 0.343. The van der Waals surface area contributed by atoms with Gasteiger partial charge >= 0.3 is 0 Å². The van der Waals surface area contributed by atoms with Crippen LogP contribution < -0.4 is 4.74 Å². The maximum Gasteiger partial charge on any atom is 0.277 e. The number of thiophene rings is 1. The minimum Gasteiger partial charge on any atom is -0.493 e. The van der Waals surface area contributed by atoms with Gasteiger partial charge in [-0.2, -0.15) is 0 Å². The molecule has 10 heteroatoms. The molecule has 1 aromatic carbocycles. The van der Waals surface area contributed by atoms with Crippen molar-refractivity contribution in [2.45, 2.75) is 10.1 Å². The van der Waals surface area contributed by atoms with Gasteiger partial charge in [0.05, 0.1) is 16.4 Å². The zero-order chi connectivity index (χ0) is 18.6. The van der Waals surface area contributed by atoms with Crippen LogP contribution in [0, 0.1) is 0 Å². The van der Waals surface area contributed by atoms with Crippen LogP contribution >= 0.6 is 23.1 Å². The van der Waals surface area contributed by atoms with Crippen LogP contribution in [0.4, 0.5) is 0 Å². The van der Waals surface area contributed by atoms with E-state index in [4.69, 9.17) is 9.15 Å². The van der Waals surface area contributed by atoms with Crippen LogP contribution in [-0.2, 0) is 10.0 Å². The van der Waals surface area contributed by atoms with Gasteiger partial charge in [0.25, 0.3) is 11.1 Å². The number of benzene rings is 1. The van der Waals surface area contributed by atoms with Gasteiger partial charge < -0.3 is 9.15 Å². The lowest BCUT2D eigenvalue weighted by Crippen LogP contribution is -2.22. The second-order valence-corrected chi connectivity index (χ2v) is 9.45. The van der Waals surface area contributed by atoms with Crippen LogP contribution in [0.3, 0.4) is 0 Å². The fourth-order valence-electron chi connectivity index (χ4n) is 1.98. The number of rotatable bonds is 8. The molecule has 0 atom stereocenters. The van der Waals surface area contributed by atoms with E-state index in [2.05, 4.69) is 10.2 Å². The summed E-state index contributed by atoms with van der Waals surface area (Å²) >= 11 is 2.95. The molecule has 3 rings (SSSR count). The summed E-state index contributed by atoms with van der Waals surface area (Å²) in [6.45, 7) is 0.432. The van der Waals surface area contributed by atoms with Gasteiger partial charge in [0.15, 0.2) is 0 Å². The zero-order valence-corrected chi connectivity index (χ0v) is 16.6. The van der Waals surface area contributed by atoms with Gasteiger partial charge in [-0.1, -0.05) is 17.8 Å². The third-order valence-corrected chi connectivity index (χ3v) is 6.79. The maximum absolute atomic E-state index is 12.0. The van der Waals surface area contributed by atoms with E-state index in [1.807, 2.05) is 17.5 Å². The molecule has 0 unspecified atom stereocenters. The molecule has 0 spiro atoms. The van der Waals surface area contributed by atoms with Crippen LogP contribution in [0.2, 0.25) is 0 Å². The van der Waals surface area contributed by atoms with Crippen molar-refractivity contribution in [3.63, 3.8) is 0 Å². The fraction of sp³-hybridized carbons (Fsp3) is 0.250. The van der Waals surface area contributed by atoms with Gasteiger partial charge in [0.1, 0.15) is 5.75 Å². The molecular weight excluding hydrogens is 394 g/mol. The monoisotopic (exact) mass is 411 g/mol. The van der Waals surface area contributed by atoms with Crippen LogP contribution in [0.1, 0.15) is 0 Å². The molecule has 7 nitrogen and oxygen atoms in total. The molecule has 0 fully saturated rings. The smallest absolute Gasteiger partial charge is 0.277 e. The number of hydrogen-bond acceptors (Lipinski definition) is 8. The highest BCUT2D eigenvalue weighted by molar-refractivity contribution is 7.99. The molecule has 2 heterocycles. The average Bonchev–Trinajstić information content (AvgIpc) is 3.30. The average molecular weight is 412 g/mol. The first-order valence-corrected chi connectivity index (χ1v) is 10.9. The second kappa shape index (κ2) is 8.21. The molecule has 3 aromatic rings. The molecule has 0 aliphatic rings. The van der Waals surface area contributed by atoms with Crippen LogP contribution in [0.15, 0.2) is 56.3 Å². The van der Waals surface area contributed by atoms with E-state index in [-0.39, 0.29) is 4.90 Å². The summed E-state index contributed by atoms with van der Waals surface area (Å²) in [5.74, 6) is 1.75. The van der Waals surface area contributed by atoms with E-state index < -0.39 is 10.0 Å². The molecule has 0 aliphatic heterocycles. The molecule has 138 valence electrons. The largest absolute Gasteiger partial charge is 0.493 e. The van der Waals surface area contributed by atoms with Crippen molar-refractivity contribution in [3.8, 4) is 16.5 Å². The van der Waals surface area contributed by atoms with Gasteiger partial charge in [-0.15, -0.1) is 21.5 Å². The Hall–Kier alpha value is -1.88. The highest BCUT2D eigenvalue weighted by Crippen LogP contribution is 2.26. The van der Waals surface area contributed by atoms with Crippen molar-refractivity contribution in [1.29, 1.82) is 0 Å². The Morgan fingerprint density at radius 1 is 1.19 bits per heavy atom. The van der Waals surface area contributed by atoms with E-state index in [1.165, 1.54) is 42.3 Å². The molecule has 0 saturated heterocycles. The summed E-state index contributed by atoms with van der Waals surface area (Å²) in [6, 6.07) is 10.2. The normalized spacial score (nSPS) is 11.8. The standard InChI is InChI=1S/C16H17N3O4S3/c1-19(2)26(20,21)13-7-5-12(6-8-13)22-9-11-25-16-18-17-15(23-16)14-4-3-10-24-14/h3-8,10H,9,11H2,1-2H3. The Morgan fingerprint density at radius 3 is 2.62 bits per heavy atom. The van der Waals surface area contributed by atoms with Gasteiger partial charge in [-0.25, -0.2) is 12.7 Å². The Morgan fingerprint density at radius 2 is 1.96 bits per heavy atom. The van der Waals surface area contributed by atoms with Crippen molar-refractivity contribution in [2.24, 2.45) is 0 Å². The van der Waals surface area contributed by atoms with Gasteiger partial charge in [-0.05, 0) is 35.7 Å². The molecule has 0 saturated carbocycles. The summed E-state index contributed by atoms with van der Waals surface area (Å²) in [7, 11) is -0.428. The maximum atomic E-state index is 12.0. The molecule has 0 aliphatic carbocycles. The first-order valence-electron chi connectivity index (χ1n) is 7.62. The quantitative estimate of drug-likeness (QED) is 0.415. The molecule has 0 bridgehead atoms. The first-order chi connectivity index (χ1) is 12.5. The summed E-state index contributed by atoms with van der Waals surface area (Å²) in [4.78, 5) is 1.17. The molecule has 2 aromatic heterocycles. The Bertz CT molecular complexity index is 936. The zero-order valence-electron chi connectivity index (χ0n) is 14.2. The predicted octanol–water partition coefficient (Wildman–Crippen LogP) is 3.22. The van der Waals surface area contributed by atoms with Gasteiger partial charge in [0.2, 0.25) is 10.0 Å². The van der Waals surface area contributed by atoms with Crippen molar-refractivity contribution in [3.05, 3.63) is 41.8 Å². The predicted molar refractivity (Wildman–Crippen MR) is 101 cm³/mol. The second-order valence-electron chi connectivity index (χ2n) is 5.31. The Labute approximate surface area is 160 Å². The molecule has 0 radical (unpaired) electrons. The van der Waals surface area contributed by atoms with E-state index in [0.29, 0.717) is 29.2 Å². The molecule has 26 heavy (non-hydrogen) atoms. The fourth-order valence-corrected chi connectivity index (χ4v) is 4.10. The van der Waals surface area contributed by atoms with Gasteiger partial charge in [0, 0.05) is 19.8 Å². The van der Waals surface area contributed by atoms with Crippen molar-refractivity contribution in [2.75, 3.05) is 26.5 Å². The molecule has 0 N–H and O–H groups in total. The highest BCUT2D eigenvalue weighted by Gasteiger charge is 2.16. The first kappa shape index (κ1) is 18.9. The summed E-state index contributed by atoms with van der Waals surface area (Å²) in [5, 5.41) is 10.5. The van der Waals surface area contributed by atoms with Crippen molar-refractivity contribution >= 4 is 33.1 Å². The highest BCUT2D eigenvalue weighted by atomic mass is 32.2. The third kappa shape index (κ3) is 4.44. The van der Waals surface area contributed by atoms with E-state index in [1.54, 1.807) is 23.5 Å². The summed E-state index contributed by atoms with van der Waals surface area (Å²) < 4.78 is 36.4. The third-order valence-electron chi connectivity index (χ3n) is 3.32. The van der Waals surface area contributed by atoms with Crippen LogP contribution in [0.25, 0.3) is 10.8 Å². The van der Waals surface area contributed by atoms with Crippen LogP contribution in [-0.4, -0.2) is 49.4 Å². The SMILES string of the molecule is CN(C)S(=O)(=O)c1ccc(OCCSc2nnc(-c3cccs3)o2)cc1. The lowest BCUT2D eigenvalue weighted by atomic mass is 10.3. The lowest BCUT2D eigenvalue weighted by Gasteiger charge is -2.11. The topological polar surface area (TPSA) is 85.5 Å². The molecule has 0 amide bonds. The van der Waals surface area contributed by atoms with E-state index >= 15 is 0 Å². The number of nitrogens with zero attached hydrogens (tertiary/aromatic N) is 3. The number of hydrogen-bond donors (Lipinski definition) is 0. The molecular formula is C16H17N3O4S3. The minimum absolute atomic E-state index is 0.233. The van der Waals surface area contributed by atoms with Crippen molar-refractivity contribution in [1.82, 2.24) is 14.5 Å². The Balaban J connectivity index is 1.48. The number of aromatic nitrogens is 2. The number of thioether (sulfide) groups is 1. The van der Waals surface area contributed by atoms with Crippen LogP contribution in [0.5, 0.6) is 5.75 Å². The summed E-state index contributed by atoms with van der Waals surface area (Å²) in [5.41, 5.74) is 0. The van der Waals surface area contributed by atoms with Gasteiger partial charge in [-0.3, -0.25) is 0 Å². The number of sulfonamides is 1.